The number of carbonyl (C=O) groups is 3. The molecule has 0 heterocycles. The van der Waals surface area contributed by atoms with Gasteiger partial charge in [-0.15, -0.1) is 0 Å². The Bertz CT molecular complexity index is 1390. The fraction of sp³-hybridized carbons (Fsp3) is 0.656. The van der Waals surface area contributed by atoms with E-state index in [4.69, 9.17) is 14.2 Å². The number of hydrogen-bond donors (Lipinski definition) is 0. The van der Waals surface area contributed by atoms with Gasteiger partial charge >= 0.3 is 17.9 Å². The second-order valence-electron chi connectivity index (χ2n) is 17.7. The highest BCUT2D eigenvalue weighted by Gasteiger charge is 2.19. The minimum atomic E-state index is -0.810. The molecule has 0 aliphatic heterocycles. The van der Waals surface area contributed by atoms with Gasteiger partial charge in [0, 0.05) is 19.3 Å². The van der Waals surface area contributed by atoms with E-state index in [1.165, 1.54) is 64.2 Å². The summed E-state index contributed by atoms with van der Waals surface area (Å²) in [7, 11) is 0. The fourth-order valence-corrected chi connectivity index (χ4v) is 7.12. The van der Waals surface area contributed by atoms with Gasteiger partial charge in [-0.3, -0.25) is 14.4 Å². The molecular weight excluding hydrogens is 829 g/mol. The van der Waals surface area contributed by atoms with Crippen molar-refractivity contribution >= 4 is 17.9 Å². The lowest BCUT2D eigenvalue weighted by molar-refractivity contribution is -0.167. The molecule has 0 N–H and O–H groups in total. The molecule has 0 unspecified atom stereocenters. The zero-order valence-corrected chi connectivity index (χ0v) is 43.4. The molecule has 6 nitrogen and oxygen atoms in total. The Hall–Kier alpha value is -3.93. The Morgan fingerprint density at radius 2 is 0.582 bits per heavy atom. The standard InChI is InChI=1S/C61H100O6/c1-4-7-10-13-16-19-22-25-28-29-30-31-34-36-39-42-45-48-51-54-60(63)66-57-58(67-61(64)55-52-49-46-43-40-37-33-27-24-21-18-15-12-9-6-3)56-65-59(62)53-50-47-44-41-38-35-32-26-23-20-17-14-11-8-5-2/h9,12,16-21,25-28,30-33,38,41,58H,4-8,10-11,13-15,22-24,29,34-37,39-40,42-57H2,1-3H3/b12-9-,19-16-,20-17-,21-18-,28-25-,31-30-,32-26-,33-27-,41-38-/t58-/m1/s1. The lowest BCUT2D eigenvalue weighted by atomic mass is 10.1. The summed E-state index contributed by atoms with van der Waals surface area (Å²) in [5.74, 6) is -0.977. The topological polar surface area (TPSA) is 78.9 Å². The van der Waals surface area contributed by atoms with Crippen molar-refractivity contribution in [2.45, 2.75) is 245 Å². The van der Waals surface area contributed by atoms with Crippen LogP contribution in [0.3, 0.4) is 0 Å². The van der Waals surface area contributed by atoms with Crippen LogP contribution in [-0.2, 0) is 28.6 Å². The van der Waals surface area contributed by atoms with Crippen LogP contribution in [0.25, 0.3) is 0 Å². The molecule has 67 heavy (non-hydrogen) atoms. The van der Waals surface area contributed by atoms with E-state index in [1.807, 2.05) is 0 Å². The summed E-state index contributed by atoms with van der Waals surface area (Å²) in [5.41, 5.74) is 0. The van der Waals surface area contributed by atoms with Crippen molar-refractivity contribution in [3.05, 3.63) is 109 Å². The van der Waals surface area contributed by atoms with E-state index < -0.39 is 6.10 Å². The summed E-state index contributed by atoms with van der Waals surface area (Å²) in [6.07, 6.45) is 73.5. The van der Waals surface area contributed by atoms with Gasteiger partial charge in [-0.25, -0.2) is 0 Å². The van der Waals surface area contributed by atoms with Crippen LogP contribution < -0.4 is 0 Å². The molecule has 380 valence electrons. The largest absolute Gasteiger partial charge is 0.462 e. The van der Waals surface area contributed by atoms with Crippen LogP contribution in [0.1, 0.15) is 239 Å². The van der Waals surface area contributed by atoms with Gasteiger partial charge in [0.25, 0.3) is 0 Å². The quantitative estimate of drug-likeness (QED) is 0.0262. The zero-order valence-electron chi connectivity index (χ0n) is 43.4. The smallest absolute Gasteiger partial charge is 0.306 e. The molecular formula is C61H100O6. The molecule has 0 aromatic heterocycles. The van der Waals surface area contributed by atoms with Gasteiger partial charge in [-0.2, -0.15) is 0 Å². The van der Waals surface area contributed by atoms with Crippen molar-refractivity contribution < 1.29 is 28.6 Å². The van der Waals surface area contributed by atoms with Gasteiger partial charge in [0.15, 0.2) is 6.10 Å². The number of allylic oxidation sites excluding steroid dienone is 18. The molecule has 0 aliphatic rings. The molecule has 0 aliphatic carbocycles. The molecule has 6 heteroatoms. The van der Waals surface area contributed by atoms with Gasteiger partial charge in [-0.05, 0) is 128 Å². The molecule has 0 saturated carbocycles. The Kier molecular flexibility index (Phi) is 51.5. The van der Waals surface area contributed by atoms with Crippen molar-refractivity contribution in [2.24, 2.45) is 0 Å². The van der Waals surface area contributed by atoms with E-state index in [2.05, 4.69) is 130 Å². The maximum Gasteiger partial charge on any atom is 0.306 e. The Morgan fingerprint density at radius 1 is 0.313 bits per heavy atom. The third-order valence-corrected chi connectivity index (χ3v) is 11.2. The molecule has 0 spiro atoms. The molecule has 0 saturated heterocycles. The maximum atomic E-state index is 12.8. The van der Waals surface area contributed by atoms with Crippen molar-refractivity contribution in [1.29, 1.82) is 0 Å². The van der Waals surface area contributed by atoms with Gasteiger partial charge in [0.05, 0.1) is 0 Å². The van der Waals surface area contributed by atoms with Crippen LogP contribution in [0.2, 0.25) is 0 Å². The first-order valence-electron chi connectivity index (χ1n) is 27.4. The number of unbranched alkanes of at least 4 members (excludes halogenated alkanes) is 19. The molecule has 0 fully saturated rings. The monoisotopic (exact) mass is 929 g/mol. The third-order valence-electron chi connectivity index (χ3n) is 11.2. The SMILES string of the molecule is CC/C=C\C/C=C\C/C=C\CCCCCCCC(=O)O[C@H](COC(=O)CCCC/C=C\C/C=C\C/C=C\CCCCC)COC(=O)CCCCCCCC/C=C\C/C=C\C/C=C\CCCCC. The van der Waals surface area contributed by atoms with E-state index in [0.29, 0.717) is 19.3 Å². The third kappa shape index (κ3) is 52.9. The summed E-state index contributed by atoms with van der Waals surface area (Å²) >= 11 is 0. The normalized spacial score (nSPS) is 12.9. The molecule has 0 bridgehead atoms. The number of esters is 3. The van der Waals surface area contributed by atoms with Crippen LogP contribution >= 0.6 is 0 Å². The highest BCUT2D eigenvalue weighted by Crippen LogP contribution is 2.13. The highest BCUT2D eigenvalue weighted by atomic mass is 16.6. The number of ether oxygens (including phenoxy) is 3. The number of rotatable bonds is 48. The second-order valence-corrected chi connectivity index (χ2v) is 17.7. The maximum absolute atomic E-state index is 12.8. The first kappa shape index (κ1) is 63.1. The lowest BCUT2D eigenvalue weighted by Crippen LogP contribution is -2.30. The predicted octanol–water partition coefficient (Wildman–Crippen LogP) is 18.3. The predicted molar refractivity (Wildman–Crippen MR) is 288 cm³/mol. The summed E-state index contributed by atoms with van der Waals surface area (Å²) in [6, 6.07) is 0. The van der Waals surface area contributed by atoms with Crippen molar-refractivity contribution in [3.63, 3.8) is 0 Å². The summed E-state index contributed by atoms with van der Waals surface area (Å²) in [6.45, 7) is 6.40. The molecule has 0 radical (unpaired) electrons. The van der Waals surface area contributed by atoms with E-state index in [9.17, 15) is 14.4 Å². The van der Waals surface area contributed by atoms with E-state index in [-0.39, 0.29) is 31.1 Å². The molecule has 0 rings (SSSR count). The molecule has 0 amide bonds. The summed E-state index contributed by atoms with van der Waals surface area (Å²) < 4.78 is 16.8. The van der Waals surface area contributed by atoms with Crippen molar-refractivity contribution in [1.82, 2.24) is 0 Å². The number of hydrogen-bond acceptors (Lipinski definition) is 6. The first-order chi connectivity index (χ1) is 33.0. The van der Waals surface area contributed by atoms with E-state index in [0.717, 1.165) is 135 Å². The van der Waals surface area contributed by atoms with Crippen molar-refractivity contribution in [3.8, 4) is 0 Å². The molecule has 1 atom stereocenters. The summed E-state index contributed by atoms with van der Waals surface area (Å²) in [4.78, 5) is 38.1. The molecule has 0 aromatic carbocycles. The highest BCUT2D eigenvalue weighted by molar-refractivity contribution is 5.71. The van der Waals surface area contributed by atoms with Gasteiger partial charge in [0.2, 0.25) is 0 Å². The average Bonchev–Trinajstić information content (AvgIpc) is 3.33. The molecule has 0 aromatic rings. The number of carbonyl (C=O) groups excluding carboxylic acids is 3. The second kappa shape index (κ2) is 54.7. The Morgan fingerprint density at radius 3 is 0.940 bits per heavy atom. The Labute approximate surface area is 412 Å². The van der Waals surface area contributed by atoms with Gasteiger partial charge in [-0.1, -0.05) is 201 Å². The van der Waals surface area contributed by atoms with Crippen LogP contribution in [0.5, 0.6) is 0 Å². The minimum absolute atomic E-state index is 0.106. The lowest BCUT2D eigenvalue weighted by Gasteiger charge is -2.18. The van der Waals surface area contributed by atoms with E-state index in [1.54, 1.807) is 0 Å². The van der Waals surface area contributed by atoms with Crippen LogP contribution in [-0.4, -0.2) is 37.2 Å². The van der Waals surface area contributed by atoms with Gasteiger partial charge < -0.3 is 14.2 Å². The summed E-state index contributed by atoms with van der Waals surface area (Å²) in [5, 5.41) is 0. The average molecular weight is 929 g/mol. The Balaban J connectivity index is 4.50. The minimum Gasteiger partial charge on any atom is -0.462 e. The first-order valence-corrected chi connectivity index (χ1v) is 27.4. The van der Waals surface area contributed by atoms with Crippen LogP contribution in [0.4, 0.5) is 0 Å². The van der Waals surface area contributed by atoms with Crippen LogP contribution in [0, 0.1) is 0 Å². The van der Waals surface area contributed by atoms with Gasteiger partial charge in [0.1, 0.15) is 13.2 Å². The van der Waals surface area contributed by atoms with Crippen LogP contribution in [0.15, 0.2) is 109 Å². The fourth-order valence-electron chi connectivity index (χ4n) is 7.12. The van der Waals surface area contributed by atoms with Crippen molar-refractivity contribution in [2.75, 3.05) is 13.2 Å². The van der Waals surface area contributed by atoms with E-state index >= 15 is 0 Å². The zero-order chi connectivity index (χ0) is 48.6.